The van der Waals surface area contributed by atoms with E-state index < -0.39 is 0 Å². The smallest absolute Gasteiger partial charge is 0.222 e. The van der Waals surface area contributed by atoms with Crippen molar-refractivity contribution in [3.05, 3.63) is 35.9 Å². The summed E-state index contributed by atoms with van der Waals surface area (Å²) >= 11 is 0. The van der Waals surface area contributed by atoms with Gasteiger partial charge in [0.1, 0.15) is 0 Å². The molecule has 0 radical (unpaired) electrons. The Kier molecular flexibility index (Phi) is 4.95. The zero-order valence-corrected chi connectivity index (χ0v) is 9.39. The van der Waals surface area contributed by atoms with E-state index >= 15 is 0 Å². The van der Waals surface area contributed by atoms with E-state index in [4.69, 9.17) is 5.73 Å². The van der Waals surface area contributed by atoms with E-state index in [-0.39, 0.29) is 31.0 Å². The van der Waals surface area contributed by atoms with Gasteiger partial charge in [-0.15, -0.1) is 0 Å². The zero-order valence-electron chi connectivity index (χ0n) is 9.39. The molecule has 4 N–H and O–H groups in total. The molecule has 0 aliphatic rings. The number of hydrogen-bond donors (Lipinski definition) is 3. The lowest BCUT2D eigenvalue weighted by Crippen LogP contribution is -2.34. The van der Waals surface area contributed by atoms with Crippen LogP contribution in [0.25, 0.3) is 0 Å². The van der Waals surface area contributed by atoms with Crippen LogP contribution in [0, 0.1) is 0 Å². The summed E-state index contributed by atoms with van der Waals surface area (Å²) in [5, 5.41) is 12.0. The number of hydrogen-bond acceptors (Lipinski definition) is 3. The van der Waals surface area contributed by atoms with Crippen LogP contribution in [-0.4, -0.2) is 23.7 Å². The van der Waals surface area contributed by atoms with Crippen molar-refractivity contribution in [3.8, 4) is 0 Å². The maximum absolute atomic E-state index is 11.5. The predicted octanol–water partition coefficient (Wildman–Crippen LogP) is 0.573. The highest BCUT2D eigenvalue weighted by molar-refractivity contribution is 5.77. The Labute approximate surface area is 95.5 Å². The van der Waals surface area contributed by atoms with Crippen molar-refractivity contribution in [2.45, 2.75) is 25.4 Å². The summed E-state index contributed by atoms with van der Waals surface area (Å²) in [4.78, 5) is 11.5. The van der Waals surface area contributed by atoms with Crippen LogP contribution in [0.3, 0.4) is 0 Å². The lowest BCUT2D eigenvalue weighted by atomic mass is 10.1. The second-order valence-electron chi connectivity index (χ2n) is 3.89. The molecule has 1 aromatic carbocycles. The lowest BCUT2D eigenvalue weighted by molar-refractivity contribution is -0.122. The Morgan fingerprint density at radius 1 is 1.44 bits per heavy atom. The average molecular weight is 222 g/mol. The number of benzene rings is 1. The summed E-state index contributed by atoms with van der Waals surface area (Å²) in [5.41, 5.74) is 6.42. The normalized spacial score (nSPS) is 14.2. The van der Waals surface area contributed by atoms with Crippen LogP contribution < -0.4 is 11.1 Å². The van der Waals surface area contributed by atoms with Crippen LogP contribution >= 0.6 is 0 Å². The Morgan fingerprint density at radius 3 is 2.56 bits per heavy atom. The molecule has 1 aromatic rings. The minimum atomic E-state index is -0.354. The molecular weight excluding hydrogens is 204 g/mol. The molecule has 1 rings (SSSR count). The molecule has 0 aromatic heterocycles. The van der Waals surface area contributed by atoms with Gasteiger partial charge in [-0.1, -0.05) is 30.3 Å². The average Bonchev–Trinajstić information content (AvgIpc) is 2.26. The van der Waals surface area contributed by atoms with E-state index in [1.165, 1.54) is 0 Å². The Balaban J connectivity index is 2.59. The van der Waals surface area contributed by atoms with Crippen LogP contribution in [0.15, 0.2) is 30.3 Å². The molecule has 0 fully saturated rings. The number of nitrogens with two attached hydrogens (primary N) is 1. The first kappa shape index (κ1) is 12.7. The van der Waals surface area contributed by atoms with Crippen molar-refractivity contribution < 1.29 is 9.90 Å². The van der Waals surface area contributed by atoms with E-state index in [9.17, 15) is 9.90 Å². The van der Waals surface area contributed by atoms with E-state index in [1.807, 2.05) is 30.3 Å². The number of rotatable bonds is 5. The summed E-state index contributed by atoms with van der Waals surface area (Å²) < 4.78 is 0. The van der Waals surface area contributed by atoms with Crippen LogP contribution in [0.1, 0.15) is 24.9 Å². The summed E-state index contributed by atoms with van der Waals surface area (Å²) in [7, 11) is 0. The number of amides is 1. The minimum absolute atomic E-state index is 0.116. The summed E-state index contributed by atoms with van der Waals surface area (Å²) in [6, 6.07) is 8.84. The van der Waals surface area contributed by atoms with Gasteiger partial charge in [0, 0.05) is 12.5 Å². The maximum atomic E-state index is 11.5. The molecule has 0 aliphatic carbocycles. The molecule has 0 saturated heterocycles. The first-order chi connectivity index (χ1) is 7.63. The third kappa shape index (κ3) is 4.00. The maximum Gasteiger partial charge on any atom is 0.222 e. The SMILES string of the molecule is CC(N)CC(=O)NC(CO)c1ccccc1. The Hall–Kier alpha value is -1.39. The van der Waals surface area contributed by atoms with Gasteiger partial charge in [0.05, 0.1) is 12.6 Å². The highest BCUT2D eigenvalue weighted by atomic mass is 16.3. The van der Waals surface area contributed by atoms with Crippen molar-refractivity contribution in [2.75, 3.05) is 6.61 Å². The van der Waals surface area contributed by atoms with Gasteiger partial charge in [0.2, 0.25) is 5.91 Å². The minimum Gasteiger partial charge on any atom is -0.394 e. The molecule has 4 nitrogen and oxygen atoms in total. The van der Waals surface area contributed by atoms with Gasteiger partial charge in [-0.05, 0) is 12.5 Å². The van der Waals surface area contributed by atoms with Crippen LogP contribution in [0.2, 0.25) is 0 Å². The standard InChI is InChI=1S/C12H18N2O2/c1-9(13)7-12(16)14-11(8-15)10-5-3-2-4-6-10/h2-6,9,11,15H,7-8,13H2,1H3,(H,14,16). The number of carbonyl (C=O) groups excluding carboxylic acids is 1. The molecule has 0 heterocycles. The van der Waals surface area contributed by atoms with Crippen LogP contribution in [0.4, 0.5) is 0 Å². The summed E-state index contributed by atoms with van der Waals surface area (Å²) in [5.74, 6) is -0.141. The van der Waals surface area contributed by atoms with Crippen molar-refractivity contribution in [3.63, 3.8) is 0 Å². The fourth-order valence-electron chi connectivity index (χ4n) is 1.47. The monoisotopic (exact) mass is 222 g/mol. The number of nitrogens with one attached hydrogen (secondary N) is 1. The van der Waals surface area contributed by atoms with E-state index in [0.29, 0.717) is 0 Å². The summed E-state index contributed by atoms with van der Waals surface area (Å²) in [6.45, 7) is 1.66. The Bertz CT molecular complexity index is 325. The van der Waals surface area contributed by atoms with Crippen molar-refractivity contribution in [1.29, 1.82) is 0 Å². The molecule has 16 heavy (non-hydrogen) atoms. The van der Waals surface area contributed by atoms with Crippen molar-refractivity contribution in [1.82, 2.24) is 5.32 Å². The molecule has 0 aliphatic heterocycles. The first-order valence-electron chi connectivity index (χ1n) is 5.34. The van der Waals surface area contributed by atoms with Gasteiger partial charge in [-0.2, -0.15) is 0 Å². The first-order valence-corrected chi connectivity index (χ1v) is 5.34. The lowest BCUT2D eigenvalue weighted by Gasteiger charge is -2.17. The molecule has 0 spiro atoms. The zero-order chi connectivity index (χ0) is 12.0. The van der Waals surface area contributed by atoms with Gasteiger partial charge in [0.15, 0.2) is 0 Å². The third-order valence-electron chi connectivity index (χ3n) is 2.23. The Morgan fingerprint density at radius 2 is 2.06 bits per heavy atom. The molecule has 4 heteroatoms. The van der Waals surface area contributed by atoms with E-state index in [0.717, 1.165) is 5.56 Å². The van der Waals surface area contributed by atoms with Gasteiger partial charge >= 0.3 is 0 Å². The van der Waals surface area contributed by atoms with E-state index in [2.05, 4.69) is 5.32 Å². The number of aliphatic hydroxyl groups is 1. The molecule has 0 bridgehead atoms. The molecule has 0 saturated carbocycles. The van der Waals surface area contributed by atoms with Gasteiger partial charge in [-0.25, -0.2) is 0 Å². The topological polar surface area (TPSA) is 75.4 Å². The molecule has 88 valence electrons. The predicted molar refractivity (Wildman–Crippen MR) is 62.7 cm³/mol. The molecule has 2 atom stereocenters. The number of carbonyl (C=O) groups is 1. The second-order valence-corrected chi connectivity index (χ2v) is 3.89. The van der Waals surface area contributed by atoms with Gasteiger partial charge in [0.25, 0.3) is 0 Å². The highest BCUT2D eigenvalue weighted by Crippen LogP contribution is 2.11. The van der Waals surface area contributed by atoms with Crippen LogP contribution in [-0.2, 0) is 4.79 Å². The number of aliphatic hydroxyl groups excluding tert-OH is 1. The molecule has 1 amide bonds. The summed E-state index contributed by atoms with van der Waals surface area (Å²) in [6.07, 6.45) is 0.267. The van der Waals surface area contributed by atoms with Crippen molar-refractivity contribution >= 4 is 5.91 Å². The van der Waals surface area contributed by atoms with Gasteiger partial charge < -0.3 is 16.2 Å². The quantitative estimate of drug-likeness (QED) is 0.682. The second kappa shape index (κ2) is 6.25. The fourth-order valence-corrected chi connectivity index (χ4v) is 1.47. The van der Waals surface area contributed by atoms with Crippen molar-refractivity contribution in [2.24, 2.45) is 5.73 Å². The van der Waals surface area contributed by atoms with Gasteiger partial charge in [-0.3, -0.25) is 4.79 Å². The third-order valence-corrected chi connectivity index (χ3v) is 2.23. The van der Waals surface area contributed by atoms with Crippen LogP contribution in [0.5, 0.6) is 0 Å². The molecular formula is C12H18N2O2. The largest absolute Gasteiger partial charge is 0.394 e. The highest BCUT2D eigenvalue weighted by Gasteiger charge is 2.13. The van der Waals surface area contributed by atoms with E-state index in [1.54, 1.807) is 6.92 Å². The molecule has 2 unspecified atom stereocenters. The fraction of sp³-hybridized carbons (Fsp3) is 0.417.